The molecule has 3 heteroatoms. The number of hydrogen-bond acceptors (Lipinski definition) is 2. The van der Waals surface area contributed by atoms with Crippen LogP contribution in [0.25, 0.3) is 10.9 Å². The van der Waals surface area contributed by atoms with Gasteiger partial charge in [0, 0.05) is 35.9 Å². The minimum atomic E-state index is 0.452. The molecule has 1 fully saturated rings. The summed E-state index contributed by atoms with van der Waals surface area (Å²) < 4.78 is 5.27. The number of methoxy groups -OCH3 is 1. The Balaban J connectivity index is 1.70. The van der Waals surface area contributed by atoms with Crippen molar-refractivity contribution in [1.82, 2.24) is 4.98 Å². The van der Waals surface area contributed by atoms with E-state index in [2.05, 4.69) is 34.6 Å². The third-order valence-electron chi connectivity index (χ3n) is 3.35. The minimum absolute atomic E-state index is 0.452. The number of anilines is 1. The summed E-state index contributed by atoms with van der Waals surface area (Å²) in [5, 5.41) is 4.79. The molecule has 3 nitrogen and oxygen atoms in total. The lowest BCUT2D eigenvalue weighted by molar-refractivity contribution is 0.0329. The fraction of sp³-hybridized carbons (Fsp3) is 0.385. The van der Waals surface area contributed by atoms with Crippen LogP contribution in [0.15, 0.2) is 30.5 Å². The van der Waals surface area contributed by atoms with Gasteiger partial charge in [-0.1, -0.05) is 0 Å². The zero-order chi connectivity index (χ0) is 11.0. The van der Waals surface area contributed by atoms with Gasteiger partial charge >= 0.3 is 0 Å². The monoisotopic (exact) mass is 216 g/mol. The number of fused-ring (bicyclic) bond motifs is 1. The first-order chi connectivity index (χ1) is 7.85. The van der Waals surface area contributed by atoms with Crippen LogP contribution in [0.1, 0.15) is 12.8 Å². The van der Waals surface area contributed by atoms with Gasteiger partial charge in [0.15, 0.2) is 0 Å². The number of benzene rings is 1. The van der Waals surface area contributed by atoms with Crippen LogP contribution >= 0.6 is 0 Å². The number of aromatic amines is 1. The van der Waals surface area contributed by atoms with Crippen molar-refractivity contribution in [2.75, 3.05) is 12.4 Å². The van der Waals surface area contributed by atoms with Gasteiger partial charge in [-0.15, -0.1) is 0 Å². The first kappa shape index (κ1) is 9.73. The van der Waals surface area contributed by atoms with Gasteiger partial charge < -0.3 is 15.0 Å². The van der Waals surface area contributed by atoms with Gasteiger partial charge in [-0.25, -0.2) is 0 Å². The molecule has 1 heterocycles. The van der Waals surface area contributed by atoms with Gasteiger partial charge in [0.05, 0.1) is 6.10 Å². The summed E-state index contributed by atoms with van der Waals surface area (Å²) in [6.07, 6.45) is 4.65. The van der Waals surface area contributed by atoms with Crippen LogP contribution in [0.4, 0.5) is 5.69 Å². The van der Waals surface area contributed by atoms with Crippen molar-refractivity contribution in [3.05, 3.63) is 30.5 Å². The Bertz CT molecular complexity index is 485. The maximum Gasteiger partial charge on any atom is 0.0610 e. The summed E-state index contributed by atoms with van der Waals surface area (Å²) in [5.74, 6) is 0. The Hall–Kier alpha value is -1.48. The molecule has 0 amide bonds. The van der Waals surface area contributed by atoms with E-state index in [1.807, 2.05) is 6.20 Å². The minimum Gasteiger partial charge on any atom is -0.382 e. The normalized spacial score (nSPS) is 24.3. The molecule has 0 radical (unpaired) electrons. The van der Waals surface area contributed by atoms with Gasteiger partial charge in [-0.3, -0.25) is 0 Å². The fourth-order valence-electron chi connectivity index (χ4n) is 2.25. The lowest BCUT2D eigenvalue weighted by Crippen LogP contribution is -2.40. The predicted molar refractivity (Wildman–Crippen MR) is 65.7 cm³/mol. The molecule has 1 aliphatic carbocycles. The Labute approximate surface area is 94.8 Å². The second kappa shape index (κ2) is 3.83. The lowest BCUT2D eigenvalue weighted by Gasteiger charge is -2.35. The van der Waals surface area contributed by atoms with Crippen LogP contribution in [0.5, 0.6) is 0 Å². The largest absolute Gasteiger partial charge is 0.382 e. The van der Waals surface area contributed by atoms with Crippen molar-refractivity contribution in [2.24, 2.45) is 0 Å². The summed E-state index contributed by atoms with van der Waals surface area (Å²) in [6, 6.07) is 9.09. The molecule has 2 aromatic rings. The molecular formula is C13H16N2O. The Morgan fingerprint density at radius 1 is 1.31 bits per heavy atom. The molecule has 1 aliphatic rings. The molecule has 0 bridgehead atoms. The van der Waals surface area contributed by atoms with Gasteiger partial charge in [0.2, 0.25) is 0 Å². The van der Waals surface area contributed by atoms with Gasteiger partial charge in [0.25, 0.3) is 0 Å². The standard InChI is InChI=1S/C13H16N2O/c1-16-12-7-11(8-12)15-10-2-3-13-9(6-10)4-5-14-13/h2-6,11-12,14-15H,7-8H2,1H3. The third-order valence-corrected chi connectivity index (χ3v) is 3.35. The van der Waals surface area contributed by atoms with E-state index in [1.165, 1.54) is 16.6 Å². The van der Waals surface area contributed by atoms with E-state index < -0.39 is 0 Å². The smallest absolute Gasteiger partial charge is 0.0610 e. The van der Waals surface area contributed by atoms with E-state index in [0.29, 0.717) is 12.1 Å². The first-order valence-electron chi connectivity index (χ1n) is 5.71. The Morgan fingerprint density at radius 2 is 2.19 bits per heavy atom. The predicted octanol–water partition coefficient (Wildman–Crippen LogP) is 2.76. The molecule has 84 valence electrons. The number of hydrogen-bond donors (Lipinski definition) is 2. The fourth-order valence-corrected chi connectivity index (χ4v) is 2.25. The molecule has 0 aliphatic heterocycles. The number of nitrogens with one attached hydrogen (secondary N) is 2. The second-order valence-corrected chi connectivity index (χ2v) is 4.45. The van der Waals surface area contributed by atoms with Crippen LogP contribution in [-0.4, -0.2) is 24.2 Å². The molecular weight excluding hydrogens is 200 g/mol. The van der Waals surface area contributed by atoms with Crippen LogP contribution < -0.4 is 5.32 Å². The molecule has 0 spiro atoms. The maximum absolute atomic E-state index is 5.27. The van der Waals surface area contributed by atoms with Crippen molar-refractivity contribution in [2.45, 2.75) is 25.0 Å². The van der Waals surface area contributed by atoms with E-state index in [9.17, 15) is 0 Å². The van der Waals surface area contributed by atoms with Crippen molar-refractivity contribution in [3.8, 4) is 0 Å². The highest BCUT2D eigenvalue weighted by Gasteiger charge is 2.28. The van der Waals surface area contributed by atoms with Crippen LogP contribution in [0, 0.1) is 0 Å². The Kier molecular flexibility index (Phi) is 2.33. The molecule has 2 N–H and O–H groups in total. The summed E-state index contributed by atoms with van der Waals surface area (Å²) >= 11 is 0. The van der Waals surface area contributed by atoms with Crippen LogP contribution in [-0.2, 0) is 4.74 Å². The SMILES string of the molecule is COC1CC(Nc2ccc3[nH]ccc3c2)C1. The van der Waals surface area contributed by atoms with Crippen molar-refractivity contribution < 1.29 is 4.74 Å². The number of H-pyrrole nitrogens is 1. The zero-order valence-electron chi connectivity index (χ0n) is 9.36. The van der Waals surface area contributed by atoms with Crippen LogP contribution in [0.2, 0.25) is 0 Å². The quantitative estimate of drug-likeness (QED) is 0.827. The first-order valence-corrected chi connectivity index (χ1v) is 5.71. The molecule has 1 saturated carbocycles. The highest BCUT2D eigenvalue weighted by atomic mass is 16.5. The summed E-state index contributed by atoms with van der Waals surface area (Å²) in [4.78, 5) is 3.20. The highest BCUT2D eigenvalue weighted by molar-refractivity contribution is 5.83. The average Bonchev–Trinajstić information content (AvgIpc) is 2.69. The molecule has 0 atom stereocenters. The Morgan fingerprint density at radius 3 is 3.00 bits per heavy atom. The third kappa shape index (κ3) is 1.67. The molecule has 16 heavy (non-hydrogen) atoms. The number of rotatable bonds is 3. The van der Waals surface area contributed by atoms with Crippen molar-refractivity contribution in [3.63, 3.8) is 0 Å². The summed E-state index contributed by atoms with van der Waals surface area (Å²) in [7, 11) is 1.78. The van der Waals surface area contributed by atoms with Crippen molar-refractivity contribution in [1.29, 1.82) is 0 Å². The molecule has 1 aromatic carbocycles. The summed E-state index contributed by atoms with van der Waals surface area (Å²) in [6.45, 7) is 0. The topological polar surface area (TPSA) is 37.0 Å². The van der Waals surface area contributed by atoms with E-state index in [4.69, 9.17) is 4.74 Å². The van der Waals surface area contributed by atoms with E-state index in [0.717, 1.165) is 12.8 Å². The summed E-state index contributed by atoms with van der Waals surface area (Å²) in [5.41, 5.74) is 2.39. The van der Waals surface area contributed by atoms with Gasteiger partial charge in [-0.2, -0.15) is 0 Å². The molecule has 0 saturated heterocycles. The van der Waals surface area contributed by atoms with Crippen LogP contribution in [0.3, 0.4) is 0 Å². The second-order valence-electron chi connectivity index (χ2n) is 4.45. The highest BCUT2D eigenvalue weighted by Crippen LogP contribution is 2.27. The molecule has 1 aromatic heterocycles. The lowest BCUT2D eigenvalue weighted by atomic mass is 9.89. The van der Waals surface area contributed by atoms with Crippen molar-refractivity contribution >= 4 is 16.6 Å². The molecule has 3 rings (SSSR count). The maximum atomic E-state index is 5.27. The van der Waals surface area contributed by atoms with E-state index >= 15 is 0 Å². The van der Waals surface area contributed by atoms with E-state index in [1.54, 1.807) is 7.11 Å². The average molecular weight is 216 g/mol. The van der Waals surface area contributed by atoms with Gasteiger partial charge in [0.1, 0.15) is 0 Å². The molecule has 0 unspecified atom stereocenters. The number of aromatic nitrogens is 1. The van der Waals surface area contributed by atoms with E-state index in [-0.39, 0.29) is 0 Å². The number of ether oxygens (including phenoxy) is 1. The zero-order valence-corrected chi connectivity index (χ0v) is 9.36. The van der Waals surface area contributed by atoms with Gasteiger partial charge in [-0.05, 0) is 37.1 Å².